The van der Waals surface area contributed by atoms with Crippen molar-refractivity contribution in [1.82, 2.24) is 9.21 Å². The Bertz CT molecular complexity index is 820. The van der Waals surface area contributed by atoms with Crippen LogP contribution in [0.4, 0.5) is 4.39 Å². The standard InChI is InChI=1S/C21H30FN3O3S/c22-18-7-9-19(10-8-18)29(27,28)24-14-12-23(13-15-24)16-21(26)25-11-3-5-17-4-1-2-6-20(17)25/h7-10,17,20H,1-6,11-16H2/p+1/t17-,20-/m0/s1. The molecule has 8 heteroatoms. The van der Waals surface area contributed by atoms with Crippen molar-refractivity contribution in [2.24, 2.45) is 5.92 Å². The first-order valence-corrected chi connectivity index (χ1v) is 12.3. The van der Waals surface area contributed by atoms with E-state index in [-0.39, 0.29) is 10.8 Å². The molecule has 0 bridgehead atoms. The monoisotopic (exact) mass is 424 g/mol. The molecule has 1 amide bonds. The molecule has 1 aliphatic carbocycles. The van der Waals surface area contributed by atoms with Gasteiger partial charge in [-0.25, -0.2) is 12.8 Å². The minimum absolute atomic E-state index is 0.120. The molecule has 0 spiro atoms. The number of amides is 1. The molecule has 2 aliphatic heterocycles. The summed E-state index contributed by atoms with van der Waals surface area (Å²) in [5.41, 5.74) is 0. The first-order valence-electron chi connectivity index (χ1n) is 10.8. The SMILES string of the molecule is O=C(C[NH+]1CCN(S(=O)(=O)c2ccc(F)cc2)CC1)N1CCC[C@@H]2CCCC[C@@H]21. The van der Waals surface area contributed by atoms with E-state index in [0.29, 0.717) is 44.7 Å². The number of carbonyl (C=O) groups is 1. The van der Waals surface area contributed by atoms with Crippen molar-refractivity contribution in [3.63, 3.8) is 0 Å². The lowest BCUT2D eigenvalue weighted by atomic mass is 9.78. The van der Waals surface area contributed by atoms with E-state index in [1.165, 1.54) is 54.3 Å². The first kappa shape index (κ1) is 20.8. The van der Waals surface area contributed by atoms with Crippen molar-refractivity contribution < 1.29 is 22.5 Å². The molecule has 1 N–H and O–H groups in total. The number of carbonyl (C=O) groups excluding carboxylic acids is 1. The van der Waals surface area contributed by atoms with Gasteiger partial charge in [0.15, 0.2) is 6.54 Å². The number of piperazine rings is 1. The summed E-state index contributed by atoms with van der Waals surface area (Å²) in [6.45, 7) is 3.33. The Morgan fingerprint density at radius 2 is 1.66 bits per heavy atom. The van der Waals surface area contributed by atoms with Crippen LogP contribution in [0.2, 0.25) is 0 Å². The molecule has 0 radical (unpaired) electrons. The molecule has 160 valence electrons. The first-order chi connectivity index (χ1) is 13.9. The average Bonchev–Trinajstić information content (AvgIpc) is 2.74. The molecule has 4 rings (SSSR count). The van der Waals surface area contributed by atoms with E-state index in [0.717, 1.165) is 24.3 Å². The van der Waals surface area contributed by atoms with Crippen molar-refractivity contribution in [2.75, 3.05) is 39.3 Å². The second-order valence-corrected chi connectivity index (χ2v) is 10.6. The summed E-state index contributed by atoms with van der Waals surface area (Å²) in [6, 6.07) is 5.38. The predicted octanol–water partition coefficient (Wildman–Crippen LogP) is 0.896. The Kier molecular flexibility index (Phi) is 6.22. The van der Waals surface area contributed by atoms with Crippen LogP contribution in [0.15, 0.2) is 29.2 Å². The van der Waals surface area contributed by atoms with Gasteiger partial charge < -0.3 is 9.80 Å². The number of nitrogens with one attached hydrogen (secondary N) is 1. The number of piperidine rings is 1. The predicted molar refractivity (Wildman–Crippen MR) is 107 cm³/mol. The molecule has 1 saturated carbocycles. The fourth-order valence-electron chi connectivity index (χ4n) is 5.23. The van der Waals surface area contributed by atoms with Crippen molar-refractivity contribution in [3.8, 4) is 0 Å². The summed E-state index contributed by atoms with van der Waals surface area (Å²) >= 11 is 0. The van der Waals surface area contributed by atoms with Gasteiger partial charge in [0, 0.05) is 12.6 Å². The van der Waals surface area contributed by atoms with Gasteiger partial charge in [0.25, 0.3) is 5.91 Å². The number of nitrogens with zero attached hydrogens (tertiary/aromatic N) is 2. The average molecular weight is 425 g/mol. The van der Waals surface area contributed by atoms with Gasteiger partial charge in [-0.05, 0) is 55.9 Å². The Balaban J connectivity index is 1.32. The van der Waals surface area contributed by atoms with E-state index in [4.69, 9.17) is 0 Å². The number of quaternary nitrogens is 1. The largest absolute Gasteiger partial charge is 0.335 e. The fraction of sp³-hybridized carbons (Fsp3) is 0.667. The van der Waals surface area contributed by atoms with Crippen molar-refractivity contribution in [3.05, 3.63) is 30.1 Å². The summed E-state index contributed by atoms with van der Waals surface area (Å²) in [5, 5.41) is 0. The second kappa shape index (κ2) is 8.70. The van der Waals surface area contributed by atoms with Gasteiger partial charge in [-0.3, -0.25) is 4.79 Å². The van der Waals surface area contributed by atoms with Crippen LogP contribution in [0.25, 0.3) is 0 Å². The number of sulfonamides is 1. The molecule has 3 fully saturated rings. The number of likely N-dealkylation sites (tertiary alicyclic amines) is 1. The van der Waals surface area contributed by atoms with E-state index >= 15 is 0 Å². The smallest absolute Gasteiger partial charge is 0.278 e. The quantitative estimate of drug-likeness (QED) is 0.781. The molecule has 0 aromatic heterocycles. The van der Waals surface area contributed by atoms with Crippen LogP contribution >= 0.6 is 0 Å². The Morgan fingerprint density at radius 1 is 1.00 bits per heavy atom. The minimum atomic E-state index is -3.61. The highest BCUT2D eigenvalue weighted by atomic mass is 32.2. The zero-order valence-electron chi connectivity index (χ0n) is 16.9. The second-order valence-electron chi connectivity index (χ2n) is 8.63. The molecule has 6 nitrogen and oxygen atoms in total. The summed E-state index contributed by atoms with van der Waals surface area (Å²) in [5.74, 6) is 0.454. The van der Waals surface area contributed by atoms with E-state index < -0.39 is 15.8 Å². The lowest BCUT2D eigenvalue weighted by Gasteiger charge is -2.44. The zero-order valence-corrected chi connectivity index (χ0v) is 17.7. The highest BCUT2D eigenvalue weighted by Crippen LogP contribution is 2.35. The van der Waals surface area contributed by atoms with Crippen LogP contribution in [0.3, 0.4) is 0 Å². The van der Waals surface area contributed by atoms with Gasteiger partial charge in [0.2, 0.25) is 10.0 Å². The normalized spacial score (nSPS) is 26.9. The maximum atomic E-state index is 13.1. The highest BCUT2D eigenvalue weighted by Gasteiger charge is 2.38. The Hall–Kier alpha value is -1.51. The lowest BCUT2D eigenvalue weighted by molar-refractivity contribution is -0.896. The number of fused-ring (bicyclic) bond motifs is 1. The third-order valence-electron chi connectivity index (χ3n) is 6.85. The lowest BCUT2D eigenvalue weighted by Crippen LogP contribution is -3.15. The number of hydrogen-bond donors (Lipinski definition) is 1. The van der Waals surface area contributed by atoms with E-state index in [1.807, 2.05) is 0 Å². The van der Waals surface area contributed by atoms with Gasteiger partial charge in [-0.15, -0.1) is 0 Å². The highest BCUT2D eigenvalue weighted by molar-refractivity contribution is 7.89. The van der Waals surface area contributed by atoms with Gasteiger partial charge >= 0.3 is 0 Å². The summed E-state index contributed by atoms with van der Waals surface area (Å²) in [6.07, 6.45) is 7.25. The molecule has 1 aromatic rings. The van der Waals surface area contributed by atoms with Crippen LogP contribution in [0.1, 0.15) is 38.5 Å². The van der Waals surface area contributed by atoms with Crippen LogP contribution in [-0.2, 0) is 14.8 Å². The number of rotatable bonds is 4. The topological polar surface area (TPSA) is 62.1 Å². The van der Waals surface area contributed by atoms with Gasteiger partial charge in [0.05, 0.1) is 31.1 Å². The van der Waals surface area contributed by atoms with Gasteiger partial charge in [-0.2, -0.15) is 4.31 Å². The Morgan fingerprint density at radius 3 is 2.38 bits per heavy atom. The van der Waals surface area contributed by atoms with Crippen LogP contribution in [-0.4, -0.2) is 68.8 Å². The third kappa shape index (κ3) is 4.49. The van der Waals surface area contributed by atoms with Crippen molar-refractivity contribution >= 4 is 15.9 Å². The molecule has 2 heterocycles. The maximum absolute atomic E-state index is 13.1. The Labute approximate surface area is 172 Å². The maximum Gasteiger partial charge on any atom is 0.278 e. The number of halogens is 1. The molecule has 1 aromatic carbocycles. The molecule has 29 heavy (non-hydrogen) atoms. The fourth-order valence-corrected chi connectivity index (χ4v) is 6.67. The number of hydrogen-bond acceptors (Lipinski definition) is 3. The van der Waals surface area contributed by atoms with Crippen LogP contribution in [0.5, 0.6) is 0 Å². The van der Waals surface area contributed by atoms with Gasteiger partial charge in [0.1, 0.15) is 5.82 Å². The van der Waals surface area contributed by atoms with E-state index in [1.54, 1.807) is 0 Å². The van der Waals surface area contributed by atoms with Crippen LogP contribution in [0, 0.1) is 11.7 Å². The molecule has 0 unspecified atom stereocenters. The molecule has 2 atom stereocenters. The third-order valence-corrected chi connectivity index (χ3v) is 8.76. The minimum Gasteiger partial charge on any atom is -0.335 e. The van der Waals surface area contributed by atoms with Gasteiger partial charge in [-0.1, -0.05) is 12.8 Å². The van der Waals surface area contributed by atoms with Crippen LogP contribution < -0.4 is 4.90 Å². The number of benzene rings is 1. The van der Waals surface area contributed by atoms with Crippen molar-refractivity contribution in [2.45, 2.75) is 49.5 Å². The summed E-state index contributed by atoms with van der Waals surface area (Å²) in [4.78, 5) is 16.4. The summed E-state index contributed by atoms with van der Waals surface area (Å²) < 4.78 is 40.1. The van der Waals surface area contributed by atoms with E-state index in [9.17, 15) is 17.6 Å². The molecular formula is C21H31FN3O3S+. The molecule has 3 aliphatic rings. The summed E-state index contributed by atoms with van der Waals surface area (Å²) in [7, 11) is -3.61. The molecule has 2 saturated heterocycles. The molecular weight excluding hydrogens is 393 g/mol. The van der Waals surface area contributed by atoms with Crippen molar-refractivity contribution in [1.29, 1.82) is 0 Å². The zero-order chi connectivity index (χ0) is 20.4. The van der Waals surface area contributed by atoms with E-state index in [2.05, 4.69) is 4.90 Å².